The van der Waals surface area contributed by atoms with E-state index in [1.165, 1.54) is 38.8 Å². The first-order valence-corrected chi connectivity index (χ1v) is 5.89. The number of fused-ring (bicyclic) bond motifs is 2. The molecule has 2 atom stereocenters. The lowest BCUT2D eigenvalue weighted by atomic mass is 9.95. The number of hydrogen-bond acceptors (Lipinski definition) is 3. The van der Waals surface area contributed by atoms with Crippen LogP contribution in [0, 0.1) is 0 Å². The van der Waals surface area contributed by atoms with Crippen LogP contribution in [0.25, 0.3) is 0 Å². The quantitative estimate of drug-likeness (QED) is 0.821. The zero-order chi connectivity index (χ0) is 9.54. The van der Waals surface area contributed by atoms with Gasteiger partial charge >= 0.3 is 0 Å². The van der Waals surface area contributed by atoms with Crippen LogP contribution in [0.3, 0.4) is 0 Å². The van der Waals surface area contributed by atoms with E-state index in [-0.39, 0.29) is 24.8 Å². The van der Waals surface area contributed by atoms with Crippen LogP contribution in [-0.4, -0.2) is 49.3 Å². The molecule has 0 radical (unpaired) electrons. The van der Waals surface area contributed by atoms with Crippen LogP contribution in [0.4, 0.5) is 0 Å². The summed E-state index contributed by atoms with van der Waals surface area (Å²) >= 11 is 0. The molecule has 0 amide bonds. The summed E-state index contributed by atoms with van der Waals surface area (Å²) in [6, 6.07) is 2.49. The molecule has 3 fully saturated rings. The molecule has 96 valence electrons. The molecule has 2 unspecified atom stereocenters. The minimum atomic E-state index is 0. The fraction of sp³-hybridized carbons (Fsp3) is 1.00. The van der Waals surface area contributed by atoms with Crippen LogP contribution in [0.5, 0.6) is 0 Å². The zero-order valence-corrected chi connectivity index (χ0v) is 11.4. The van der Waals surface area contributed by atoms with Crippen molar-refractivity contribution < 1.29 is 4.74 Å². The van der Waals surface area contributed by atoms with Gasteiger partial charge < -0.3 is 10.1 Å². The van der Waals surface area contributed by atoms with Gasteiger partial charge in [0.2, 0.25) is 0 Å². The van der Waals surface area contributed by atoms with E-state index in [2.05, 4.69) is 10.2 Å². The molecule has 1 N–H and O–H groups in total. The van der Waals surface area contributed by atoms with Crippen molar-refractivity contribution >= 4 is 24.8 Å². The summed E-state index contributed by atoms with van der Waals surface area (Å²) in [7, 11) is 1.87. The maximum Gasteiger partial charge on any atom is 0.0601 e. The fourth-order valence-electron chi connectivity index (χ4n) is 3.44. The van der Waals surface area contributed by atoms with E-state index < -0.39 is 0 Å². The number of methoxy groups -OCH3 is 1. The second-order valence-electron chi connectivity index (χ2n) is 4.97. The van der Waals surface area contributed by atoms with Crippen LogP contribution in [0.2, 0.25) is 0 Å². The molecule has 0 aromatic carbocycles. The van der Waals surface area contributed by atoms with Gasteiger partial charge in [0, 0.05) is 38.3 Å². The lowest BCUT2D eigenvalue weighted by Crippen LogP contribution is -2.62. The molecule has 3 aliphatic rings. The molecule has 16 heavy (non-hydrogen) atoms. The lowest BCUT2D eigenvalue weighted by molar-refractivity contribution is -0.0225. The number of rotatable bonds is 2. The Hall–Kier alpha value is 0.460. The highest BCUT2D eigenvalue weighted by atomic mass is 35.5. The molecule has 0 aromatic rings. The first kappa shape index (κ1) is 14.5. The van der Waals surface area contributed by atoms with Crippen molar-refractivity contribution in [2.75, 3.05) is 20.2 Å². The molecule has 0 spiro atoms. The number of ether oxygens (including phenoxy) is 1. The molecule has 3 rings (SSSR count). The van der Waals surface area contributed by atoms with Gasteiger partial charge in [0.05, 0.1) is 6.10 Å². The predicted octanol–water partition coefficient (Wildman–Crippen LogP) is 1.44. The third-order valence-electron chi connectivity index (χ3n) is 4.26. The topological polar surface area (TPSA) is 24.5 Å². The molecular formula is C11H22Cl2N2O. The SMILES string of the molecule is COC1CC2CCC(C1)N2C1CNC1.Cl.Cl. The fourth-order valence-corrected chi connectivity index (χ4v) is 3.44. The molecular weight excluding hydrogens is 247 g/mol. The summed E-state index contributed by atoms with van der Waals surface area (Å²) in [6.07, 6.45) is 5.88. The van der Waals surface area contributed by atoms with Crippen molar-refractivity contribution in [3.8, 4) is 0 Å². The smallest absolute Gasteiger partial charge is 0.0601 e. The van der Waals surface area contributed by atoms with Gasteiger partial charge in [-0.15, -0.1) is 24.8 Å². The molecule has 5 heteroatoms. The van der Waals surface area contributed by atoms with Gasteiger partial charge in [0.15, 0.2) is 0 Å². The summed E-state index contributed by atoms with van der Waals surface area (Å²) in [5.41, 5.74) is 0. The first-order valence-electron chi connectivity index (χ1n) is 5.89. The van der Waals surface area contributed by atoms with Gasteiger partial charge in [-0.3, -0.25) is 4.90 Å². The average molecular weight is 269 g/mol. The van der Waals surface area contributed by atoms with Gasteiger partial charge in [-0.1, -0.05) is 0 Å². The highest BCUT2D eigenvalue weighted by molar-refractivity contribution is 5.85. The Kier molecular flexibility index (Phi) is 5.33. The predicted molar refractivity (Wildman–Crippen MR) is 69.8 cm³/mol. The van der Waals surface area contributed by atoms with Gasteiger partial charge in [-0.05, 0) is 25.7 Å². The van der Waals surface area contributed by atoms with Gasteiger partial charge in [0.25, 0.3) is 0 Å². The summed E-state index contributed by atoms with van der Waals surface area (Å²) in [6.45, 7) is 2.43. The van der Waals surface area contributed by atoms with Crippen LogP contribution in [0.15, 0.2) is 0 Å². The molecule has 3 heterocycles. The Morgan fingerprint density at radius 3 is 1.94 bits per heavy atom. The first-order chi connectivity index (χ1) is 6.88. The Morgan fingerprint density at radius 2 is 1.56 bits per heavy atom. The molecule has 3 nitrogen and oxygen atoms in total. The molecule has 3 saturated heterocycles. The second kappa shape index (κ2) is 5.87. The van der Waals surface area contributed by atoms with E-state index in [4.69, 9.17) is 4.74 Å². The minimum Gasteiger partial charge on any atom is -0.381 e. The second-order valence-corrected chi connectivity index (χ2v) is 4.97. The Balaban J connectivity index is 0.000000640. The number of piperidine rings is 1. The van der Waals surface area contributed by atoms with E-state index in [0.717, 1.165) is 18.1 Å². The number of halogens is 2. The van der Waals surface area contributed by atoms with E-state index in [9.17, 15) is 0 Å². The van der Waals surface area contributed by atoms with Crippen molar-refractivity contribution in [3.63, 3.8) is 0 Å². The number of nitrogens with one attached hydrogen (secondary N) is 1. The summed E-state index contributed by atoms with van der Waals surface area (Å²) in [4.78, 5) is 2.78. The minimum absolute atomic E-state index is 0. The van der Waals surface area contributed by atoms with Crippen molar-refractivity contribution in [1.82, 2.24) is 10.2 Å². The maximum absolute atomic E-state index is 5.51. The summed E-state index contributed by atoms with van der Waals surface area (Å²) < 4.78 is 5.51. The van der Waals surface area contributed by atoms with Crippen LogP contribution < -0.4 is 5.32 Å². The van der Waals surface area contributed by atoms with E-state index in [0.29, 0.717) is 6.10 Å². The molecule has 2 bridgehead atoms. The van der Waals surface area contributed by atoms with E-state index in [1.807, 2.05) is 7.11 Å². The Labute approximate surface area is 110 Å². The van der Waals surface area contributed by atoms with E-state index >= 15 is 0 Å². The van der Waals surface area contributed by atoms with Crippen molar-refractivity contribution in [1.29, 1.82) is 0 Å². The molecule has 0 saturated carbocycles. The molecule has 0 aliphatic carbocycles. The van der Waals surface area contributed by atoms with Crippen LogP contribution in [-0.2, 0) is 4.74 Å². The van der Waals surface area contributed by atoms with E-state index in [1.54, 1.807) is 0 Å². The largest absolute Gasteiger partial charge is 0.381 e. The standard InChI is InChI=1S/C11H20N2O.2ClH/c1-14-11-4-8-2-3-9(5-11)13(8)10-6-12-7-10;;/h8-12H,2-7H2,1H3;2*1H. The van der Waals surface area contributed by atoms with Crippen LogP contribution >= 0.6 is 24.8 Å². The molecule has 3 aliphatic heterocycles. The van der Waals surface area contributed by atoms with Gasteiger partial charge in [0.1, 0.15) is 0 Å². The number of hydrogen-bond donors (Lipinski definition) is 1. The zero-order valence-electron chi connectivity index (χ0n) is 9.72. The molecule has 0 aromatic heterocycles. The number of nitrogens with zero attached hydrogens (tertiary/aromatic N) is 1. The highest BCUT2D eigenvalue weighted by Gasteiger charge is 2.45. The van der Waals surface area contributed by atoms with Crippen molar-refractivity contribution in [2.45, 2.75) is 49.9 Å². The summed E-state index contributed by atoms with van der Waals surface area (Å²) in [5.74, 6) is 0. The van der Waals surface area contributed by atoms with Gasteiger partial charge in [-0.2, -0.15) is 0 Å². The summed E-state index contributed by atoms with van der Waals surface area (Å²) in [5, 5.41) is 3.38. The lowest BCUT2D eigenvalue weighted by Gasteiger charge is -2.46. The van der Waals surface area contributed by atoms with Crippen molar-refractivity contribution in [2.24, 2.45) is 0 Å². The third kappa shape index (κ3) is 2.34. The van der Waals surface area contributed by atoms with Crippen LogP contribution in [0.1, 0.15) is 25.7 Å². The monoisotopic (exact) mass is 268 g/mol. The third-order valence-corrected chi connectivity index (χ3v) is 4.26. The Morgan fingerprint density at radius 1 is 1.00 bits per heavy atom. The van der Waals surface area contributed by atoms with Crippen molar-refractivity contribution in [3.05, 3.63) is 0 Å². The highest BCUT2D eigenvalue weighted by Crippen LogP contribution is 2.38. The average Bonchev–Trinajstić information content (AvgIpc) is 2.38. The maximum atomic E-state index is 5.51. The van der Waals surface area contributed by atoms with Gasteiger partial charge in [-0.25, -0.2) is 0 Å². The Bertz CT molecular complexity index is 212. The normalized spacial score (nSPS) is 38.4.